The molecule has 1 fully saturated rings. The molecule has 2 aromatic rings. The number of Topliss-reactive ketones (excluding diaryl/α,β-unsaturated/α-hetero) is 1. The first-order valence-electron chi connectivity index (χ1n) is 8.36. The van der Waals surface area contributed by atoms with Crippen molar-refractivity contribution in [1.82, 2.24) is 5.32 Å². The summed E-state index contributed by atoms with van der Waals surface area (Å²) in [6.45, 7) is 3.85. The number of nitrogens with one attached hydrogen (secondary N) is 1. The van der Waals surface area contributed by atoms with E-state index >= 15 is 0 Å². The number of nitrogens with two attached hydrogens (primary N) is 1. The van der Waals surface area contributed by atoms with Crippen molar-refractivity contribution >= 4 is 17.5 Å². The quantitative estimate of drug-likeness (QED) is 0.870. The lowest BCUT2D eigenvalue weighted by Crippen LogP contribution is -2.33. The van der Waals surface area contributed by atoms with Crippen molar-refractivity contribution < 1.29 is 4.79 Å². The lowest BCUT2D eigenvalue weighted by Gasteiger charge is -2.19. The Labute approximate surface area is 148 Å². The second kappa shape index (κ2) is 7.51. The van der Waals surface area contributed by atoms with E-state index in [-0.39, 0.29) is 17.2 Å². The topological polar surface area (TPSA) is 55.1 Å². The van der Waals surface area contributed by atoms with Gasteiger partial charge < -0.3 is 5.73 Å². The minimum Gasteiger partial charge on any atom is -0.322 e. The summed E-state index contributed by atoms with van der Waals surface area (Å²) in [5.41, 5.74) is 9.54. The lowest BCUT2D eigenvalue weighted by molar-refractivity contribution is -0.120. The van der Waals surface area contributed by atoms with Crippen LogP contribution in [0.1, 0.15) is 41.3 Å². The highest BCUT2D eigenvalue weighted by Gasteiger charge is 2.37. The van der Waals surface area contributed by atoms with Crippen molar-refractivity contribution in [3.8, 4) is 0 Å². The predicted octanol–water partition coefficient (Wildman–Crippen LogP) is 3.75. The number of thioether (sulfide) groups is 1. The Morgan fingerprint density at radius 3 is 2.42 bits per heavy atom. The van der Waals surface area contributed by atoms with E-state index in [2.05, 4.69) is 60.8 Å². The maximum absolute atomic E-state index is 12.1. The van der Waals surface area contributed by atoms with Crippen LogP contribution in [0.25, 0.3) is 0 Å². The van der Waals surface area contributed by atoms with Gasteiger partial charge in [-0.2, -0.15) is 0 Å². The minimum absolute atomic E-state index is 0.0972. The summed E-state index contributed by atoms with van der Waals surface area (Å²) < 4.78 is 0. The molecule has 0 amide bonds. The van der Waals surface area contributed by atoms with Gasteiger partial charge in [0.1, 0.15) is 0 Å². The van der Waals surface area contributed by atoms with Crippen LogP contribution in [0.15, 0.2) is 54.6 Å². The van der Waals surface area contributed by atoms with E-state index in [1.54, 1.807) is 6.92 Å². The Kier molecular flexibility index (Phi) is 5.39. The maximum atomic E-state index is 12.1. The largest absolute Gasteiger partial charge is 0.322 e. The molecule has 0 saturated carbocycles. The van der Waals surface area contributed by atoms with Crippen LogP contribution in [0, 0.1) is 6.92 Å². The molecule has 0 spiro atoms. The number of carbonyl (C=O) groups is 1. The van der Waals surface area contributed by atoms with Gasteiger partial charge in [-0.25, -0.2) is 0 Å². The smallest absolute Gasteiger partial charge is 0.151 e. The van der Waals surface area contributed by atoms with E-state index in [4.69, 9.17) is 5.73 Å². The number of hydrogen-bond donors (Lipinski definition) is 2. The van der Waals surface area contributed by atoms with Crippen molar-refractivity contribution in [2.45, 2.75) is 43.0 Å². The molecule has 0 aliphatic carbocycles. The highest BCUT2D eigenvalue weighted by atomic mass is 32.2. The molecule has 3 unspecified atom stereocenters. The third-order valence-corrected chi connectivity index (χ3v) is 5.91. The zero-order valence-electron chi connectivity index (χ0n) is 14.1. The van der Waals surface area contributed by atoms with Gasteiger partial charge in [0.25, 0.3) is 0 Å². The summed E-state index contributed by atoms with van der Waals surface area (Å²) in [6, 6.07) is 18.9. The van der Waals surface area contributed by atoms with Crippen molar-refractivity contribution in [1.29, 1.82) is 0 Å². The Morgan fingerprint density at radius 2 is 1.79 bits per heavy atom. The molecule has 0 aromatic heterocycles. The van der Waals surface area contributed by atoms with Crippen LogP contribution in [-0.2, 0) is 4.79 Å². The number of hydrogen-bond acceptors (Lipinski definition) is 4. The highest BCUT2D eigenvalue weighted by molar-refractivity contribution is 8.00. The fourth-order valence-corrected chi connectivity index (χ4v) is 4.56. The molecule has 1 saturated heterocycles. The number of benzene rings is 2. The summed E-state index contributed by atoms with van der Waals surface area (Å²) in [5, 5.41) is 4.04. The van der Waals surface area contributed by atoms with E-state index in [0.29, 0.717) is 11.7 Å². The Balaban J connectivity index is 1.85. The first kappa shape index (κ1) is 17.2. The summed E-state index contributed by atoms with van der Waals surface area (Å²) >= 11 is 1.83. The molecule has 2 aromatic carbocycles. The average molecular weight is 340 g/mol. The normalized spacial score (nSPS) is 24.7. The third kappa shape index (κ3) is 3.89. The van der Waals surface area contributed by atoms with Gasteiger partial charge in [0.05, 0.1) is 16.7 Å². The number of aryl methyl sites for hydroxylation is 1. The Morgan fingerprint density at radius 1 is 1.12 bits per heavy atom. The maximum Gasteiger partial charge on any atom is 0.151 e. The molecular formula is C20H24N2OS. The van der Waals surface area contributed by atoms with Crippen LogP contribution in [0.2, 0.25) is 0 Å². The standard InChI is InChI=1S/C20H24N2OS/c1-13-8-10-15(11-9-13)19-20(16-6-4-3-5-7-16)24-18(22-19)12-17(23)14(2)21/h3-11,14,18-20,22H,12,21H2,1-2H3/t14-,18?,19?,20?/m0/s1. The summed E-state index contributed by atoms with van der Waals surface area (Å²) in [6.07, 6.45) is 0.466. The zero-order valence-corrected chi connectivity index (χ0v) is 14.9. The van der Waals surface area contributed by atoms with Gasteiger partial charge in [-0.05, 0) is 25.0 Å². The molecule has 3 nitrogen and oxygen atoms in total. The van der Waals surface area contributed by atoms with Crippen molar-refractivity contribution in [3.05, 3.63) is 71.3 Å². The van der Waals surface area contributed by atoms with Gasteiger partial charge in [0.15, 0.2) is 5.78 Å². The van der Waals surface area contributed by atoms with Crippen LogP contribution < -0.4 is 11.1 Å². The first-order valence-corrected chi connectivity index (χ1v) is 9.30. The van der Waals surface area contributed by atoms with Gasteiger partial charge in [0, 0.05) is 12.5 Å². The molecule has 1 aliphatic rings. The SMILES string of the molecule is Cc1ccc(C2NC(CC(=O)[C@H](C)N)SC2c2ccccc2)cc1. The molecular weight excluding hydrogens is 316 g/mol. The Bertz CT molecular complexity index is 685. The summed E-state index contributed by atoms with van der Waals surface area (Å²) in [7, 11) is 0. The van der Waals surface area contributed by atoms with Gasteiger partial charge in [0.2, 0.25) is 0 Å². The van der Waals surface area contributed by atoms with Crippen molar-refractivity contribution in [2.24, 2.45) is 5.73 Å². The van der Waals surface area contributed by atoms with Crippen LogP contribution in [0.5, 0.6) is 0 Å². The van der Waals surface area contributed by atoms with E-state index < -0.39 is 6.04 Å². The fraction of sp³-hybridized carbons (Fsp3) is 0.350. The molecule has 4 atom stereocenters. The van der Waals surface area contributed by atoms with E-state index in [1.807, 2.05) is 17.8 Å². The van der Waals surface area contributed by atoms with Gasteiger partial charge in [-0.3, -0.25) is 10.1 Å². The van der Waals surface area contributed by atoms with Crippen molar-refractivity contribution in [3.63, 3.8) is 0 Å². The molecule has 3 N–H and O–H groups in total. The highest BCUT2D eigenvalue weighted by Crippen LogP contribution is 2.48. The van der Waals surface area contributed by atoms with Crippen LogP contribution in [0.4, 0.5) is 0 Å². The summed E-state index contributed by atoms with van der Waals surface area (Å²) in [4.78, 5) is 12.1. The fourth-order valence-electron chi connectivity index (χ4n) is 3.02. The zero-order chi connectivity index (χ0) is 17.1. The van der Waals surface area contributed by atoms with Gasteiger partial charge >= 0.3 is 0 Å². The first-order chi connectivity index (χ1) is 11.5. The number of rotatable bonds is 5. The minimum atomic E-state index is -0.402. The van der Waals surface area contributed by atoms with Crippen LogP contribution >= 0.6 is 11.8 Å². The second-order valence-corrected chi connectivity index (χ2v) is 7.82. The molecule has 3 rings (SSSR count). The average Bonchev–Trinajstić information content (AvgIpc) is 3.00. The van der Waals surface area contributed by atoms with Gasteiger partial charge in [-0.1, -0.05) is 60.2 Å². The monoisotopic (exact) mass is 340 g/mol. The van der Waals surface area contributed by atoms with Crippen molar-refractivity contribution in [2.75, 3.05) is 0 Å². The molecule has 0 radical (unpaired) electrons. The van der Waals surface area contributed by atoms with Gasteiger partial charge in [-0.15, -0.1) is 11.8 Å². The molecule has 24 heavy (non-hydrogen) atoms. The predicted molar refractivity (Wildman–Crippen MR) is 101 cm³/mol. The molecule has 4 heteroatoms. The molecule has 126 valence electrons. The lowest BCUT2D eigenvalue weighted by atomic mass is 9.97. The molecule has 1 aliphatic heterocycles. The van der Waals surface area contributed by atoms with Crippen LogP contribution in [0.3, 0.4) is 0 Å². The van der Waals surface area contributed by atoms with E-state index in [1.165, 1.54) is 16.7 Å². The Hall–Kier alpha value is -1.62. The molecule has 1 heterocycles. The number of carbonyl (C=O) groups excluding carboxylic acids is 1. The summed E-state index contributed by atoms with van der Waals surface area (Å²) in [5.74, 6) is 0.108. The third-order valence-electron chi connectivity index (χ3n) is 4.44. The van der Waals surface area contributed by atoms with E-state index in [9.17, 15) is 4.79 Å². The van der Waals surface area contributed by atoms with Crippen LogP contribution in [-0.4, -0.2) is 17.2 Å². The molecule has 0 bridgehead atoms. The van der Waals surface area contributed by atoms with E-state index in [0.717, 1.165) is 0 Å². The number of ketones is 1. The second-order valence-electron chi connectivity index (χ2n) is 6.47.